The summed E-state index contributed by atoms with van der Waals surface area (Å²) < 4.78 is 25.2. The van der Waals surface area contributed by atoms with Gasteiger partial charge in [-0.1, -0.05) is 58.3 Å². The van der Waals surface area contributed by atoms with E-state index in [4.69, 9.17) is 9.47 Å². The first-order valence-corrected chi connectivity index (χ1v) is 9.17. The Morgan fingerprint density at radius 2 is 1.88 bits per heavy atom. The van der Waals surface area contributed by atoms with E-state index in [0.717, 1.165) is 28.6 Å². The lowest BCUT2D eigenvalue weighted by Gasteiger charge is -2.32. The summed E-state index contributed by atoms with van der Waals surface area (Å²) in [6.45, 7) is 8.67. The summed E-state index contributed by atoms with van der Waals surface area (Å²) in [5.74, 6) is 0.717. The van der Waals surface area contributed by atoms with E-state index in [9.17, 15) is 4.39 Å². The highest BCUT2D eigenvalue weighted by atomic mass is 31.1. The van der Waals surface area contributed by atoms with Crippen LogP contribution in [0.1, 0.15) is 37.0 Å². The summed E-state index contributed by atoms with van der Waals surface area (Å²) >= 11 is 0. The molecule has 2 rings (SSSR count). The van der Waals surface area contributed by atoms with Gasteiger partial charge >= 0.3 is 0 Å². The summed E-state index contributed by atoms with van der Waals surface area (Å²) in [5.41, 5.74) is 3.39. The number of ether oxygens (including phenoxy) is 2. The minimum Gasteiger partial charge on any atom is -0.467 e. The first kappa shape index (κ1) is 18.9. The van der Waals surface area contributed by atoms with E-state index < -0.39 is 0 Å². The van der Waals surface area contributed by atoms with Crippen molar-refractivity contribution in [3.8, 4) is 5.75 Å². The second kappa shape index (κ2) is 8.09. The molecule has 2 unspecified atom stereocenters. The first-order chi connectivity index (χ1) is 11.4. The molecule has 0 saturated carbocycles. The molecule has 2 aromatic rings. The Kier molecular flexibility index (Phi) is 6.37. The van der Waals surface area contributed by atoms with E-state index in [1.807, 2.05) is 19.1 Å². The molecule has 2 atom stereocenters. The molecule has 0 N–H and O–H groups in total. The average molecular weight is 348 g/mol. The lowest BCUT2D eigenvalue weighted by Crippen LogP contribution is -2.21. The fourth-order valence-electron chi connectivity index (χ4n) is 2.88. The van der Waals surface area contributed by atoms with Crippen LogP contribution in [0.4, 0.5) is 4.39 Å². The second-order valence-electron chi connectivity index (χ2n) is 6.30. The second-order valence-corrected chi connectivity index (χ2v) is 8.19. The number of methoxy groups -OCH3 is 1. The van der Waals surface area contributed by atoms with E-state index in [1.165, 1.54) is 11.6 Å². The van der Waals surface area contributed by atoms with Crippen LogP contribution in [-0.4, -0.2) is 13.9 Å². The zero-order valence-corrected chi connectivity index (χ0v) is 16.1. The van der Waals surface area contributed by atoms with Gasteiger partial charge in [-0.15, -0.1) is 0 Å². The molecule has 0 bridgehead atoms. The van der Waals surface area contributed by atoms with Crippen LogP contribution in [-0.2, 0) is 9.89 Å². The minimum atomic E-state index is -0.192. The minimum absolute atomic E-state index is 0.140. The van der Waals surface area contributed by atoms with Crippen molar-refractivity contribution < 1.29 is 13.9 Å². The first-order valence-electron chi connectivity index (χ1n) is 8.17. The number of hydrogen-bond donors (Lipinski definition) is 0. The summed E-state index contributed by atoms with van der Waals surface area (Å²) in [4.78, 5) is 0. The van der Waals surface area contributed by atoms with Crippen LogP contribution in [0.25, 0.3) is 0 Å². The molecule has 0 spiro atoms. The van der Waals surface area contributed by atoms with Crippen molar-refractivity contribution in [3.63, 3.8) is 0 Å². The number of aryl methyl sites for hydroxylation is 2. The highest BCUT2D eigenvalue weighted by molar-refractivity contribution is 7.48. The van der Waals surface area contributed by atoms with Gasteiger partial charge in [-0.2, -0.15) is 0 Å². The number of benzene rings is 2. The summed E-state index contributed by atoms with van der Waals surface area (Å²) in [5, 5.41) is 0.570. The predicted molar refractivity (Wildman–Crippen MR) is 100 cm³/mol. The third kappa shape index (κ3) is 4.15. The Morgan fingerprint density at radius 1 is 1.17 bits per heavy atom. The molecular weight excluding hydrogens is 322 g/mol. The zero-order chi connectivity index (χ0) is 17.7. The summed E-state index contributed by atoms with van der Waals surface area (Å²) in [7, 11) is 1.94. The number of halogens is 1. The van der Waals surface area contributed by atoms with Gasteiger partial charge in [0.2, 0.25) is 0 Å². The standard InChI is InChI=1S/C20H26FO2P/c1-6-20(4,24-18-10-8-7-9-17(18)21)16-12-14(2)11-15(3)19(16)23-13-22-5/h7-12,24H,6,13H2,1-5H3. The van der Waals surface area contributed by atoms with Crippen LogP contribution < -0.4 is 10.0 Å². The van der Waals surface area contributed by atoms with E-state index in [2.05, 4.69) is 32.9 Å². The van der Waals surface area contributed by atoms with Gasteiger partial charge in [0.05, 0.1) is 0 Å². The van der Waals surface area contributed by atoms with Crippen molar-refractivity contribution in [1.82, 2.24) is 0 Å². The smallest absolute Gasteiger partial charge is 0.188 e. The Hall–Kier alpha value is -1.44. The van der Waals surface area contributed by atoms with Gasteiger partial charge in [0.15, 0.2) is 6.79 Å². The molecule has 0 aliphatic carbocycles. The van der Waals surface area contributed by atoms with Crippen LogP contribution in [0, 0.1) is 19.7 Å². The highest BCUT2D eigenvalue weighted by Crippen LogP contribution is 2.48. The van der Waals surface area contributed by atoms with E-state index in [0.29, 0.717) is 8.58 Å². The van der Waals surface area contributed by atoms with E-state index in [1.54, 1.807) is 13.2 Å². The lowest BCUT2D eigenvalue weighted by molar-refractivity contribution is 0.0495. The SMILES string of the molecule is CCC(C)(Pc1ccccc1F)c1cc(C)cc(C)c1OCOC. The molecule has 24 heavy (non-hydrogen) atoms. The molecule has 2 aromatic carbocycles. The quantitative estimate of drug-likeness (QED) is 0.515. The Labute approximate surface area is 146 Å². The number of rotatable bonds is 7. The van der Waals surface area contributed by atoms with Crippen LogP contribution in [0.15, 0.2) is 36.4 Å². The summed E-state index contributed by atoms with van der Waals surface area (Å²) in [6, 6.07) is 11.3. The maximum absolute atomic E-state index is 14.2. The van der Waals surface area contributed by atoms with E-state index in [-0.39, 0.29) is 17.8 Å². The molecule has 2 nitrogen and oxygen atoms in total. The van der Waals surface area contributed by atoms with Crippen LogP contribution >= 0.6 is 8.58 Å². The largest absolute Gasteiger partial charge is 0.467 e. The Morgan fingerprint density at radius 3 is 2.50 bits per heavy atom. The zero-order valence-electron chi connectivity index (χ0n) is 15.1. The average Bonchev–Trinajstić information content (AvgIpc) is 2.55. The molecule has 0 radical (unpaired) electrons. The third-order valence-electron chi connectivity index (χ3n) is 4.33. The van der Waals surface area contributed by atoms with Crippen LogP contribution in [0.3, 0.4) is 0 Å². The van der Waals surface area contributed by atoms with Gasteiger partial charge in [0.25, 0.3) is 0 Å². The molecule has 130 valence electrons. The Balaban J connectivity index is 2.50. The molecule has 0 saturated heterocycles. The molecule has 4 heteroatoms. The molecule has 0 aliphatic rings. The molecule has 0 fully saturated rings. The maximum atomic E-state index is 14.2. The van der Waals surface area contributed by atoms with Gasteiger partial charge in [0, 0.05) is 23.1 Å². The van der Waals surface area contributed by atoms with Crippen molar-refractivity contribution in [2.45, 2.75) is 39.3 Å². The topological polar surface area (TPSA) is 18.5 Å². The molecular formula is C20H26FO2P. The fraction of sp³-hybridized carbons (Fsp3) is 0.400. The van der Waals surface area contributed by atoms with Crippen molar-refractivity contribution in [2.75, 3.05) is 13.9 Å². The monoisotopic (exact) mass is 348 g/mol. The van der Waals surface area contributed by atoms with Crippen molar-refractivity contribution in [2.24, 2.45) is 0 Å². The highest BCUT2D eigenvalue weighted by Gasteiger charge is 2.30. The normalized spacial score (nSPS) is 14.1. The predicted octanol–water partition coefficient (Wildman–Crippen LogP) is 5.05. The van der Waals surface area contributed by atoms with Gasteiger partial charge in [-0.3, -0.25) is 0 Å². The van der Waals surface area contributed by atoms with E-state index >= 15 is 0 Å². The van der Waals surface area contributed by atoms with Crippen molar-refractivity contribution in [1.29, 1.82) is 0 Å². The summed E-state index contributed by atoms with van der Waals surface area (Å²) in [6.07, 6.45) is 0.895. The van der Waals surface area contributed by atoms with Crippen molar-refractivity contribution in [3.05, 3.63) is 58.9 Å². The van der Waals surface area contributed by atoms with Gasteiger partial charge in [0.1, 0.15) is 11.6 Å². The molecule has 0 heterocycles. The van der Waals surface area contributed by atoms with Gasteiger partial charge < -0.3 is 9.47 Å². The Bertz CT molecular complexity index is 702. The van der Waals surface area contributed by atoms with Gasteiger partial charge in [-0.25, -0.2) is 4.39 Å². The number of hydrogen-bond acceptors (Lipinski definition) is 2. The fourth-order valence-corrected chi connectivity index (χ4v) is 4.35. The van der Waals surface area contributed by atoms with Gasteiger partial charge in [-0.05, 0) is 31.9 Å². The molecule has 0 aliphatic heterocycles. The maximum Gasteiger partial charge on any atom is 0.188 e. The van der Waals surface area contributed by atoms with Crippen LogP contribution in [0.2, 0.25) is 0 Å². The lowest BCUT2D eigenvalue weighted by atomic mass is 9.92. The third-order valence-corrected chi connectivity index (χ3v) is 6.18. The molecule has 0 amide bonds. The molecule has 0 aromatic heterocycles. The van der Waals surface area contributed by atoms with Crippen LogP contribution in [0.5, 0.6) is 5.75 Å². The van der Waals surface area contributed by atoms with Crippen molar-refractivity contribution >= 4 is 13.9 Å².